The Bertz CT molecular complexity index is 708. The van der Waals surface area contributed by atoms with Crippen LogP contribution < -0.4 is 0 Å². The zero-order chi connectivity index (χ0) is 16.4. The lowest BCUT2D eigenvalue weighted by Gasteiger charge is -2.25. The van der Waals surface area contributed by atoms with E-state index in [0.717, 1.165) is 17.7 Å². The van der Waals surface area contributed by atoms with E-state index in [2.05, 4.69) is 43.1 Å². The summed E-state index contributed by atoms with van der Waals surface area (Å²) >= 11 is 0. The highest BCUT2D eigenvalue weighted by Crippen LogP contribution is 2.22. The maximum atomic E-state index is 12.7. The van der Waals surface area contributed by atoms with Crippen molar-refractivity contribution in [3.63, 3.8) is 0 Å². The van der Waals surface area contributed by atoms with Gasteiger partial charge in [-0.1, -0.05) is 12.1 Å². The number of aryl methyl sites for hydroxylation is 2. The smallest absolute Gasteiger partial charge is 0.272 e. The number of benzene rings is 1. The van der Waals surface area contributed by atoms with Gasteiger partial charge >= 0.3 is 0 Å². The molecule has 1 aliphatic heterocycles. The first-order valence-corrected chi connectivity index (χ1v) is 8.08. The van der Waals surface area contributed by atoms with Gasteiger partial charge in [0.2, 0.25) is 0 Å². The zero-order valence-electron chi connectivity index (χ0n) is 13.9. The molecule has 0 spiro atoms. The number of aromatic nitrogens is 2. The molecule has 5 heteroatoms. The van der Waals surface area contributed by atoms with E-state index in [-0.39, 0.29) is 11.9 Å². The van der Waals surface area contributed by atoms with Gasteiger partial charge in [0.15, 0.2) is 0 Å². The van der Waals surface area contributed by atoms with Crippen molar-refractivity contribution in [2.45, 2.75) is 33.2 Å². The fourth-order valence-electron chi connectivity index (χ4n) is 2.83. The molecule has 1 saturated heterocycles. The molecule has 0 saturated carbocycles. The zero-order valence-corrected chi connectivity index (χ0v) is 13.9. The lowest BCUT2D eigenvalue weighted by molar-refractivity contribution is 0.0681. The van der Waals surface area contributed by atoms with Crippen molar-refractivity contribution in [2.75, 3.05) is 19.8 Å². The highest BCUT2D eigenvalue weighted by molar-refractivity contribution is 5.93. The number of amides is 1. The van der Waals surface area contributed by atoms with E-state index in [4.69, 9.17) is 4.74 Å². The number of hydrogen-bond donors (Lipinski definition) is 1. The van der Waals surface area contributed by atoms with Crippen LogP contribution in [0.2, 0.25) is 0 Å². The summed E-state index contributed by atoms with van der Waals surface area (Å²) in [7, 11) is 0. The number of carbonyl (C=O) groups excluding carboxylic acids is 1. The predicted octanol–water partition coefficient (Wildman–Crippen LogP) is 2.94. The average Bonchev–Trinajstić information content (AvgIpc) is 2.93. The van der Waals surface area contributed by atoms with Crippen molar-refractivity contribution in [3.8, 4) is 11.3 Å². The van der Waals surface area contributed by atoms with Crippen LogP contribution in [0, 0.1) is 13.8 Å². The third-order valence-corrected chi connectivity index (χ3v) is 4.56. The number of H-pyrrole nitrogens is 1. The molecule has 3 rings (SSSR count). The Hall–Kier alpha value is -2.14. The van der Waals surface area contributed by atoms with Gasteiger partial charge in [0.1, 0.15) is 5.69 Å². The monoisotopic (exact) mass is 313 g/mol. The van der Waals surface area contributed by atoms with Crippen LogP contribution in [0.15, 0.2) is 24.3 Å². The highest BCUT2D eigenvalue weighted by Gasteiger charge is 2.24. The first-order chi connectivity index (χ1) is 11.1. The van der Waals surface area contributed by atoms with Crippen LogP contribution in [0.4, 0.5) is 0 Å². The summed E-state index contributed by atoms with van der Waals surface area (Å²) in [6.45, 7) is 8.15. The molecule has 0 aliphatic carbocycles. The molecule has 1 fully saturated rings. The number of aromatic amines is 1. The van der Waals surface area contributed by atoms with E-state index < -0.39 is 0 Å². The Morgan fingerprint density at radius 1 is 1.26 bits per heavy atom. The maximum absolute atomic E-state index is 12.7. The highest BCUT2D eigenvalue weighted by atomic mass is 16.5. The molecule has 0 bridgehead atoms. The van der Waals surface area contributed by atoms with E-state index in [0.29, 0.717) is 25.5 Å². The Labute approximate surface area is 136 Å². The largest absolute Gasteiger partial charge is 0.380 e. The van der Waals surface area contributed by atoms with E-state index in [1.54, 1.807) is 0 Å². The summed E-state index contributed by atoms with van der Waals surface area (Å²) < 4.78 is 5.46. The number of carbonyl (C=O) groups is 1. The van der Waals surface area contributed by atoms with E-state index >= 15 is 0 Å². The van der Waals surface area contributed by atoms with E-state index in [9.17, 15) is 4.79 Å². The van der Waals surface area contributed by atoms with Gasteiger partial charge in [0.25, 0.3) is 5.91 Å². The molecule has 2 aromatic rings. The minimum Gasteiger partial charge on any atom is -0.380 e. The van der Waals surface area contributed by atoms with Crippen LogP contribution in [0.25, 0.3) is 11.3 Å². The number of nitrogens with one attached hydrogen (secondary N) is 1. The number of ether oxygens (including phenoxy) is 1. The van der Waals surface area contributed by atoms with Crippen LogP contribution >= 0.6 is 0 Å². The van der Waals surface area contributed by atoms with Gasteiger partial charge in [-0.15, -0.1) is 0 Å². The fourth-order valence-corrected chi connectivity index (χ4v) is 2.83. The molecular formula is C18H23N3O2. The number of rotatable bonds is 2. The van der Waals surface area contributed by atoms with Crippen molar-refractivity contribution in [2.24, 2.45) is 0 Å². The summed E-state index contributed by atoms with van der Waals surface area (Å²) in [5.41, 5.74) is 4.83. The number of hydrogen-bond acceptors (Lipinski definition) is 3. The topological polar surface area (TPSA) is 58.2 Å². The molecule has 1 aliphatic rings. The van der Waals surface area contributed by atoms with Gasteiger partial charge in [0, 0.05) is 24.8 Å². The summed E-state index contributed by atoms with van der Waals surface area (Å²) in [4.78, 5) is 14.6. The first-order valence-electron chi connectivity index (χ1n) is 8.08. The van der Waals surface area contributed by atoms with Gasteiger partial charge in [-0.05, 0) is 50.5 Å². The van der Waals surface area contributed by atoms with Gasteiger partial charge in [-0.2, -0.15) is 5.10 Å². The third-order valence-electron chi connectivity index (χ3n) is 4.56. The summed E-state index contributed by atoms with van der Waals surface area (Å²) in [6.07, 6.45) is 0.865. The molecule has 1 atom stereocenters. The molecule has 0 radical (unpaired) electrons. The van der Waals surface area contributed by atoms with Crippen molar-refractivity contribution in [1.82, 2.24) is 15.1 Å². The second kappa shape index (κ2) is 6.54. The van der Waals surface area contributed by atoms with Gasteiger partial charge < -0.3 is 9.64 Å². The van der Waals surface area contributed by atoms with Gasteiger partial charge in [-0.3, -0.25) is 9.89 Å². The lowest BCUT2D eigenvalue weighted by Crippen LogP contribution is -2.39. The van der Waals surface area contributed by atoms with Crippen molar-refractivity contribution >= 4 is 5.91 Å². The molecule has 5 nitrogen and oxygen atoms in total. The van der Waals surface area contributed by atoms with Crippen LogP contribution in [0.3, 0.4) is 0 Å². The number of nitrogens with zero attached hydrogens (tertiary/aromatic N) is 2. The normalized spacial score (nSPS) is 18.7. The first kappa shape index (κ1) is 15.7. The molecule has 122 valence electrons. The molecule has 1 N–H and O–H groups in total. The third kappa shape index (κ3) is 3.29. The van der Waals surface area contributed by atoms with Gasteiger partial charge in [0.05, 0.1) is 12.3 Å². The quantitative estimate of drug-likeness (QED) is 0.927. The Balaban J connectivity index is 1.83. The predicted molar refractivity (Wildman–Crippen MR) is 89.4 cm³/mol. The standard InChI is InChI=1S/C18H23N3O2/c1-12-4-5-15(10-13(12)2)16-11-17(20-19-16)18(22)21-7-9-23-8-6-14(21)3/h4-5,10-11,14H,6-9H2,1-3H3,(H,19,20). The van der Waals surface area contributed by atoms with E-state index in [1.165, 1.54) is 11.1 Å². The Morgan fingerprint density at radius 2 is 2.09 bits per heavy atom. The molecule has 23 heavy (non-hydrogen) atoms. The van der Waals surface area contributed by atoms with Crippen LogP contribution in [0.5, 0.6) is 0 Å². The Morgan fingerprint density at radius 3 is 2.87 bits per heavy atom. The molecule has 1 aromatic heterocycles. The molecule has 2 heterocycles. The second-order valence-corrected chi connectivity index (χ2v) is 6.21. The molecule has 1 amide bonds. The van der Waals surface area contributed by atoms with Crippen LogP contribution in [-0.4, -0.2) is 46.8 Å². The average molecular weight is 313 g/mol. The molecule has 1 unspecified atom stereocenters. The van der Waals surface area contributed by atoms with Gasteiger partial charge in [-0.25, -0.2) is 0 Å². The SMILES string of the molecule is Cc1ccc(-c2cc(C(=O)N3CCOCCC3C)[nH]n2)cc1C. The summed E-state index contributed by atoms with van der Waals surface area (Å²) in [5.74, 6) is -0.00872. The van der Waals surface area contributed by atoms with Crippen molar-refractivity contribution in [3.05, 3.63) is 41.1 Å². The Kier molecular flexibility index (Phi) is 4.48. The fraction of sp³-hybridized carbons (Fsp3) is 0.444. The molecular weight excluding hydrogens is 290 g/mol. The molecule has 1 aromatic carbocycles. The maximum Gasteiger partial charge on any atom is 0.272 e. The minimum atomic E-state index is -0.00872. The second-order valence-electron chi connectivity index (χ2n) is 6.21. The minimum absolute atomic E-state index is 0.00872. The van der Waals surface area contributed by atoms with Crippen LogP contribution in [0.1, 0.15) is 35.0 Å². The summed E-state index contributed by atoms with van der Waals surface area (Å²) in [5, 5.41) is 7.21. The van der Waals surface area contributed by atoms with Crippen LogP contribution in [-0.2, 0) is 4.74 Å². The van der Waals surface area contributed by atoms with Crippen molar-refractivity contribution < 1.29 is 9.53 Å². The van der Waals surface area contributed by atoms with E-state index in [1.807, 2.05) is 17.0 Å². The lowest BCUT2D eigenvalue weighted by atomic mass is 10.0. The summed E-state index contributed by atoms with van der Waals surface area (Å²) in [6, 6.07) is 8.23. The van der Waals surface area contributed by atoms with Crippen molar-refractivity contribution in [1.29, 1.82) is 0 Å².